The van der Waals surface area contributed by atoms with Crippen LogP contribution in [0, 0.1) is 0 Å². The molecule has 2 aromatic heterocycles. The number of rotatable bonds is 3. The highest BCUT2D eigenvalue weighted by Crippen LogP contribution is 2.23. The first-order valence-corrected chi connectivity index (χ1v) is 8.60. The summed E-state index contributed by atoms with van der Waals surface area (Å²) < 4.78 is 1.73. The molecule has 0 saturated heterocycles. The Morgan fingerprint density at radius 1 is 1.16 bits per heavy atom. The van der Waals surface area contributed by atoms with Gasteiger partial charge >= 0.3 is 0 Å². The Kier molecular flexibility index (Phi) is 4.17. The summed E-state index contributed by atoms with van der Waals surface area (Å²) in [5.41, 5.74) is 1.13. The van der Waals surface area contributed by atoms with Gasteiger partial charge in [0.15, 0.2) is 0 Å². The molecule has 0 spiro atoms. The standard InChI is InChI=1S/C17H20N6O2/c24-16(21-12-3-1-2-4-12)15-11-22(10-13-5-6-20-23(13)15)17(25)14-9-18-7-8-19-14/h5-9,12,15H,1-4,10-11H2,(H,21,24)/t15-/m0/s1. The van der Waals surface area contributed by atoms with Crippen LogP contribution in [0.25, 0.3) is 0 Å². The highest BCUT2D eigenvalue weighted by molar-refractivity contribution is 5.92. The number of amides is 2. The minimum atomic E-state index is -0.514. The maximum Gasteiger partial charge on any atom is 0.274 e. The summed E-state index contributed by atoms with van der Waals surface area (Å²) in [6.07, 6.45) is 10.5. The summed E-state index contributed by atoms with van der Waals surface area (Å²) in [7, 11) is 0. The quantitative estimate of drug-likeness (QED) is 0.897. The molecule has 8 nitrogen and oxygen atoms in total. The smallest absolute Gasteiger partial charge is 0.274 e. The number of carbonyl (C=O) groups is 2. The molecule has 2 aliphatic rings. The molecule has 0 unspecified atom stereocenters. The highest BCUT2D eigenvalue weighted by Gasteiger charge is 2.34. The number of fused-ring (bicyclic) bond motifs is 1. The number of aromatic nitrogens is 4. The van der Waals surface area contributed by atoms with Gasteiger partial charge in [0.05, 0.1) is 25.0 Å². The lowest BCUT2D eigenvalue weighted by molar-refractivity contribution is -0.126. The van der Waals surface area contributed by atoms with Gasteiger partial charge in [-0.15, -0.1) is 0 Å². The first kappa shape index (κ1) is 15.7. The average Bonchev–Trinajstić information content (AvgIpc) is 3.32. The van der Waals surface area contributed by atoms with E-state index in [2.05, 4.69) is 20.4 Å². The molecular formula is C17H20N6O2. The Labute approximate surface area is 145 Å². The van der Waals surface area contributed by atoms with Crippen LogP contribution in [0.4, 0.5) is 0 Å². The van der Waals surface area contributed by atoms with Crippen molar-refractivity contribution in [1.82, 2.24) is 30.0 Å². The maximum atomic E-state index is 12.8. The molecule has 25 heavy (non-hydrogen) atoms. The molecule has 1 N–H and O–H groups in total. The van der Waals surface area contributed by atoms with Gasteiger partial charge in [0.2, 0.25) is 5.91 Å². The summed E-state index contributed by atoms with van der Waals surface area (Å²) in [4.78, 5) is 35.2. The SMILES string of the molecule is O=C(NC1CCCC1)[C@@H]1CN(C(=O)c2cnccn2)Cc2ccnn21. The molecule has 1 aliphatic heterocycles. The van der Waals surface area contributed by atoms with Crippen molar-refractivity contribution < 1.29 is 9.59 Å². The molecule has 1 saturated carbocycles. The number of carbonyl (C=O) groups excluding carboxylic acids is 2. The van der Waals surface area contributed by atoms with Gasteiger partial charge in [0.1, 0.15) is 11.7 Å². The Morgan fingerprint density at radius 3 is 2.76 bits per heavy atom. The van der Waals surface area contributed by atoms with E-state index in [0.717, 1.165) is 31.4 Å². The van der Waals surface area contributed by atoms with Crippen LogP contribution in [0.2, 0.25) is 0 Å². The van der Waals surface area contributed by atoms with Crippen molar-refractivity contribution in [3.05, 3.63) is 42.2 Å². The van der Waals surface area contributed by atoms with E-state index in [-0.39, 0.29) is 30.1 Å². The third kappa shape index (κ3) is 3.11. The molecule has 1 aliphatic carbocycles. The van der Waals surface area contributed by atoms with E-state index < -0.39 is 6.04 Å². The van der Waals surface area contributed by atoms with Crippen LogP contribution in [-0.2, 0) is 11.3 Å². The van der Waals surface area contributed by atoms with Crippen molar-refractivity contribution in [2.75, 3.05) is 6.54 Å². The lowest BCUT2D eigenvalue weighted by Gasteiger charge is -2.33. The molecule has 130 valence electrons. The van der Waals surface area contributed by atoms with Crippen LogP contribution in [0.3, 0.4) is 0 Å². The topological polar surface area (TPSA) is 93.0 Å². The summed E-state index contributed by atoms with van der Waals surface area (Å²) >= 11 is 0. The Morgan fingerprint density at radius 2 is 2.00 bits per heavy atom. The molecule has 0 radical (unpaired) electrons. The van der Waals surface area contributed by atoms with Crippen molar-refractivity contribution in [1.29, 1.82) is 0 Å². The van der Waals surface area contributed by atoms with E-state index in [1.807, 2.05) is 6.07 Å². The molecular weight excluding hydrogens is 320 g/mol. The largest absolute Gasteiger partial charge is 0.351 e. The molecule has 1 atom stereocenters. The lowest BCUT2D eigenvalue weighted by Crippen LogP contribution is -2.48. The second kappa shape index (κ2) is 6.62. The van der Waals surface area contributed by atoms with Gasteiger partial charge in [0, 0.05) is 24.6 Å². The number of hydrogen-bond donors (Lipinski definition) is 1. The van der Waals surface area contributed by atoms with E-state index >= 15 is 0 Å². The molecule has 0 bridgehead atoms. The van der Waals surface area contributed by atoms with Crippen LogP contribution < -0.4 is 5.32 Å². The van der Waals surface area contributed by atoms with Crippen LogP contribution >= 0.6 is 0 Å². The van der Waals surface area contributed by atoms with Crippen molar-refractivity contribution in [3.8, 4) is 0 Å². The maximum absolute atomic E-state index is 12.8. The second-order valence-corrected chi connectivity index (χ2v) is 6.55. The number of nitrogens with zero attached hydrogens (tertiary/aromatic N) is 5. The van der Waals surface area contributed by atoms with Crippen LogP contribution in [0.15, 0.2) is 30.9 Å². The van der Waals surface area contributed by atoms with Gasteiger partial charge in [-0.1, -0.05) is 12.8 Å². The molecule has 2 amide bonds. The first-order valence-electron chi connectivity index (χ1n) is 8.60. The Bertz CT molecular complexity index is 768. The third-order valence-corrected chi connectivity index (χ3v) is 4.87. The Balaban J connectivity index is 1.55. The highest BCUT2D eigenvalue weighted by atomic mass is 16.2. The zero-order valence-corrected chi connectivity index (χ0v) is 13.8. The Hall–Kier alpha value is -2.77. The molecule has 8 heteroatoms. The third-order valence-electron chi connectivity index (χ3n) is 4.87. The van der Waals surface area contributed by atoms with E-state index in [1.165, 1.54) is 18.6 Å². The van der Waals surface area contributed by atoms with Crippen molar-refractivity contribution in [2.24, 2.45) is 0 Å². The molecule has 0 aromatic carbocycles. The van der Waals surface area contributed by atoms with Crippen LogP contribution in [-0.4, -0.2) is 49.0 Å². The monoisotopic (exact) mass is 340 g/mol. The molecule has 3 heterocycles. The van der Waals surface area contributed by atoms with E-state index in [0.29, 0.717) is 6.54 Å². The molecule has 1 fully saturated rings. The van der Waals surface area contributed by atoms with E-state index in [9.17, 15) is 9.59 Å². The second-order valence-electron chi connectivity index (χ2n) is 6.55. The minimum absolute atomic E-state index is 0.0755. The molecule has 2 aromatic rings. The zero-order chi connectivity index (χ0) is 17.2. The van der Waals surface area contributed by atoms with Crippen molar-refractivity contribution in [2.45, 2.75) is 44.3 Å². The van der Waals surface area contributed by atoms with Crippen LogP contribution in [0.5, 0.6) is 0 Å². The first-order chi connectivity index (χ1) is 12.2. The van der Waals surface area contributed by atoms with Gasteiger partial charge in [-0.05, 0) is 18.9 Å². The fourth-order valence-electron chi connectivity index (χ4n) is 3.58. The number of nitrogens with one attached hydrogen (secondary N) is 1. The fourth-order valence-corrected chi connectivity index (χ4v) is 3.58. The van der Waals surface area contributed by atoms with Gasteiger partial charge in [-0.3, -0.25) is 19.3 Å². The average molecular weight is 340 g/mol. The summed E-state index contributed by atoms with van der Waals surface area (Å²) in [5, 5.41) is 7.40. The van der Waals surface area contributed by atoms with E-state index in [4.69, 9.17) is 0 Å². The predicted molar refractivity (Wildman–Crippen MR) is 88.4 cm³/mol. The normalized spacial score (nSPS) is 20.3. The van der Waals surface area contributed by atoms with Crippen LogP contribution in [0.1, 0.15) is 47.9 Å². The predicted octanol–water partition coefficient (Wildman–Crippen LogP) is 0.929. The van der Waals surface area contributed by atoms with Crippen molar-refractivity contribution in [3.63, 3.8) is 0 Å². The van der Waals surface area contributed by atoms with Gasteiger partial charge in [0.25, 0.3) is 5.91 Å². The summed E-state index contributed by atoms with van der Waals surface area (Å²) in [5.74, 6) is -0.298. The summed E-state index contributed by atoms with van der Waals surface area (Å²) in [6, 6.07) is 1.56. The fraction of sp³-hybridized carbons (Fsp3) is 0.471. The minimum Gasteiger partial charge on any atom is -0.351 e. The van der Waals surface area contributed by atoms with Crippen molar-refractivity contribution >= 4 is 11.8 Å². The zero-order valence-electron chi connectivity index (χ0n) is 13.8. The summed E-state index contributed by atoms with van der Waals surface area (Å²) in [6.45, 7) is 0.686. The van der Waals surface area contributed by atoms with Gasteiger partial charge < -0.3 is 10.2 Å². The molecule has 4 rings (SSSR count). The number of hydrogen-bond acceptors (Lipinski definition) is 5. The lowest BCUT2D eigenvalue weighted by atomic mass is 10.1. The van der Waals surface area contributed by atoms with E-state index in [1.54, 1.807) is 15.8 Å². The van der Waals surface area contributed by atoms with Gasteiger partial charge in [-0.2, -0.15) is 5.10 Å². The van der Waals surface area contributed by atoms with Gasteiger partial charge in [-0.25, -0.2) is 4.98 Å².